The quantitative estimate of drug-likeness (QED) is 0.891. The van der Waals surface area contributed by atoms with Crippen molar-refractivity contribution in [1.82, 2.24) is 9.78 Å². The molecule has 0 radical (unpaired) electrons. The van der Waals surface area contributed by atoms with Gasteiger partial charge in [-0.05, 0) is 24.6 Å². The molecule has 0 amide bonds. The molecule has 2 aromatic rings. The number of aromatic nitrogens is 2. The number of sulfonamides is 1. The lowest BCUT2D eigenvalue weighted by Crippen LogP contribution is -2.26. The number of hydrogen-bond acceptors (Lipinski definition) is 4. The van der Waals surface area contributed by atoms with Crippen LogP contribution in [0.15, 0.2) is 41.6 Å². The van der Waals surface area contributed by atoms with E-state index in [1.54, 1.807) is 6.07 Å². The molecule has 108 valence electrons. The van der Waals surface area contributed by atoms with Crippen molar-refractivity contribution in [3.8, 4) is 0 Å². The Morgan fingerprint density at radius 2 is 2.15 bits per heavy atom. The van der Waals surface area contributed by atoms with Gasteiger partial charge < -0.3 is 5.73 Å². The van der Waals surface area contributed by atoms with Gasteiger partial charge in [-0.15, -0.1) is 0 Å². The van der Waals surface area contributed by atoms with Gasteiger partial charge in [0.1, 0.15) is 4.90 Å². The van der Waals surface area contributed by atoms with E-state index < -0.39 is 10.0 Å². The Kier molecular flexibility index (Phi) is 4.10. The first kappa shape index (κ1) is 14.5. The van der Waals surface area contributed by atoms with Crippen molar-refractivity contribution in [3.05, 3.63) is 42.2 Å². The minimum atomic E-state index is -3.60. The van der Waals surface area contributed by atoms with Crippen LogP contribution in [-0.4, -0.2) is 31.8 Å². The highest BCUT2D eigenvalue weighted by atomic mass is 32.2. The molecule has 2 rings (SSSR count). The molecule has 0 atom stereocenters. The molecule has 0 unspecified atom stereocenters. The van der Waals surface area contributed by atoms with Crippen molar-refractivity contribution in [2.75, 3.05) is 17.9 Å². The third-order valence-electron chi connectivity index (χ3n) is 2.99. The summed E-state index contributed by atoms with van der Waals surface area (Å²) in [6.45, 7) is 2.82. The van der Waals surface area contributed by atoms with Crippen molar-refractivity contribution in [3.63, 3.8) is 0 Å². The minimum absolute atomic E-state index is 0.162. The molecule has 0 saturated heterocycles. The minimum Gasteiger partial charge on any atom is -0.329 e. The summed E-state index contributed by atoms with van der Waals surface area (Å²) in [5, 5.41) is 4.00. The zero-order valence-electron chi connectivity index (χ0n) is 11.5. The van der Waals surface area contributed by atoms with E-state index in [0.717, 1.165) is 5.56 Å². The summed E-state index contributed by atoms with van der Waals surface area (Å²) in [6, 6.07) is 7.33. The Morgan fingerprint density at radius 3 is 2.80 bits per heavy atom. The molecule has 0 bridgehead atoms. The van der Waals surface area contributed by atoms with E-state index in [0.29, 0.717) is 18.8 Å². The van der Waals surface area contributed by atoms with Gasteiger partial charge in [-0.2, -0.15) is 5.10 Å². The van der Waals surface area contributed by atoms with Crippen molar-refractivity contribution < 1.29 is 8.42 Å². The molecule has 7 heteroatoms. The van der Waals surface area contributed by atoms with E-state index in [-0.39, 0.29) is 4.90 Å². The standard InChI is InChI=1S/C13H18N4O2S/c1-11-4-3-5-12(8-11)16(2)20(18,19)13-9-15-17(10-13)7-6-14/h3-5,8-10H,6-7,14H2,1-2H3. The highest BCUT2D eigenvalue weighted by Crippen LogP contribution is 2.22. The van der Waals surface area contributed by atoms with Crippen LogP contribution in [0.2, 0.25) is 0 Å². The van der Waals surface area contributed by atoms with Crippen LogP contribution in [0.25, 0.3) is 0 Å². The lowest BCUT2D eigenvalue weighted by atomic mass is 10.2. The summed E-state index contributed by atoms with van der Waals surface area (Å²) < 4.78 is 27.8. The van der Waals surface area contributed by atoms with Crippen LogP contribution in [0.3, 0.4) is 0 Å². The second kappa shape index (κ2) is 5.64. The van der Waals surface area contributed by atoms with Crippen molar-refractivity contribution >= 4 is 15.7 Å². The largest absolute Gasteiger partial charge is 0.329 e. The molecular formula is C13H18N4O2S. The van der Waals surface area contributed by atoms with Gasteiger partial charge in [-0.25, -0.2) is 8.42 Å². The second-order valence-corrected chi connectivity index (χ2v) is 6.51. The molecule has 0 aliphatic carbocycles. The van der Waals surface area contributed by atoms with Crippen molar-refractivity contribution in [2.24, 2.45) is 5.73 Å². The van der Waals surface area contributed by atoms with Gasteiger partial charge in [0.15, 0.2) is 0 Å². The van der Waals surface area contributed by atoms with Gasteiger partial charge in [-0.3, -0.25) is 8.99 Å². The summed E-state index contributed by atoms with van der Waals surface area (Å²) in [5.74, 6) is 0. The zero-order chi connectivity index (χ0) is 14.8. The molecule has 1 heterocycles. The van der Waals surface area contributed by atoms with Crippen LogP contribution in [0.5, 0.6) is 0 Å². The first-order chi connectivity index (χ1) is 9.45. The van der Waals surface area contributed by atoms with Gasteiger partial charge in [0.2, 0.25) is 0 Å². The van der Waals surface area contributed by atoms with E-state index in [2.05, 4.69) is 5.10 Å². The second-order valence-electron chi connectivity index (χ2n) is 4.54. The Balaban J connectivity index is 2.33. The van der Waals surface area contributed by atoms with Crippen LogP contribution in [-0.2, 0) is 16.6 Å². The Hall–Kier alpha value is -1.86. The molecule has 0 aliphatic rings. The third kappa shape index (κ3) is 2.83. The van der Waals surface area contributed by atoms with Crippen LogP contribution in [0, 0.1) is 6.92 Å². The molecule has 20 heavy (non-hydrogen) atoms. The highest BCUT2D eigenvalue weighted by molar-refractivity contribution is 7.92. The lowest BCUT2D eigenvalue weighted by molar-refractivity contribution is 0.593. The van der Waals surface area contributed by atoms with E-state index in [9.17, 15) is 8.42 Å². The normalized spacial score (nSPS) is 11.6. The third-order valence-corrected chi connectivity index (χ3v) is 4.73. The number of benzene rings is 1. The topological polar surface area (TPSA) is 81.2 Å². The van der Waals surface area contributed by atoms with Gasteiger partial charge in [0.25, 0.3) is 10.0 Å². The number of nitrogens with zero attached hydrogens (tertiary/aromatic N) is 3. The fourth-order valence-electron chi connectivity index (χ4n) is 1.85. The maximum atomic E-state index is 12.5. The van der Waals surface area contributed by atoms with Crippen LogP contribution >= 0.6 is 0 Å². The predicted molar refractivity (Wildman–Crippen MR) is 78.0 cm³/mol. The zero-order valence-corrected chi connectivity index (χ0v) is 12.3. The molecular weight excluding hydrogens is 276 g/mol. The number of anilines is 1. The smallest absolute Gasteiger partial charge is 0.267 e. The highest BCUT2D eigenvalue weighted by Gasteiger charge is 2.23. The van der Waals surface area contributed by atoms with E-state index in [1.807, 2.05) is 25.1 Å². The fraction of sp³-hybridized carbons (Fsp3) is 0.308. The van der Waals surface area contributed by atoms with E-state index >= 15 is 0 Å². The van der Waals surface area contributed by atoms with Crippen LogP contribution in [0.1, 0.15) is 5.56 Å². The number of rotatable bonds is 5. The SMILES string of the molecule is Cc1cccc(N(C)S(=O)(=O)c2cnn(CCN)c2)c1. The average molecular weight is 294 g/mol. The molecule has 0 aliphatic heterocycles. The Labute approximate surface area is 118 Å². The Morgan fingerprint density at radius 1 is 1.40 bits per heavy atom. The Bertz CT molecular complexity index is 694. The molecule has 6 nitrogen and oxygen atoms in total. The lowest BCUT2D eigenvalue weighted by Gasteiger charge is -2.18. The van der Waals surface area contributed by atoms with Crippen LogP contribution < -0.4 is 10.0 Å². The summed E-state index contributed by atoms with van der Waals surface area (Å²) in [5.41, 5.74) is 7.05. The number of hydrogen-bond donors (Lipinski definition) is 1. The van der Waals surface area contributed by atoms with Gasteiger partial charge in [0, 0.05) is 19.8 Å². The molecule has 2 N–H and O–H groups in total. The summed E-state index contributed by atoms with van der Waals surface area (Å²) in [4.78, 5) is 0.162. The van der Waals surface area contributed by atoms with Crippen molar-refractivity contribution in [2.45, 2.75) is 18.4 Å². The summed E-state index contributed by atoms with van der Waals surface area (Å²) >= 11 is 0. The maximum Gasteiger partial charge on any atom is 0.267 e. The molecule has 1 aromatic carbocycles. The van der Waals surface area contributed by atoms with Gasteiger partial charge >= 0.3 is 0 Å². The first-order valence-corrected chi connectivity index (χ1v) is 7.67. The van der Waals surface area contributed by atoms with Gasteiger partial charge in [-0.1, -0.05) is 12.1 Å². The van der Waals surface area contributed by atoms with Crippen molar-refractivity contribution in [1.29, 1.82) is 0 Å². The maximum absolute atomic E-state index is 12.5. The fourth-order valence-corrected chi connectivity index (χ4v) is 3.00. The number of nitrogens with two attached hydrogens (primary N) is 1. The number of aryl methyl sites for hydroxylation is 1. The monoisotopic (exact) mass is 294 g/mol. The molecule has 0 fully saturated rings. The summed E-state index contributed by atoms with van der Waals surface area (Å²) in [7, 11) is -2.06. The molecule has 0 spiro atoms. The van der Waals surface area contributed by atoms with E-state index in [1.165, 1.54) is 28.4 Å². The summed E-state index contributed by atoms with van der Waals surface area (Å²) in [6.07, 6.45) is 2.84. The predicted octanol–water partition coefficient (Wildman–Crippen LogP) is 0.975. The molecule has 1 aromatic heterocycles. The first-order valence-electron chi connectivity index (χ1n) is 6.23. The average Bonchev–Trinajstić information content (AvgIpc) is 2.87. The van der Waals surface area contributed by atoms with E-state index in [4.69, 9.17) is 5.73 Å². The van der Waals surface area contributed by atoms with Crippen LogP contribution in [0.4, 0.5) is 5.69 Å². The molecule has 0 saturated carbocycles. The van der Waals surface area contributed by atoms with Gasteiger partial charge in [0.05, 0.1) is 18.4 Å².